The summed E-state index contributed by atoms with van der Waals surface area (Å²) >= 11 is 0. The maximum Gasteiger partial charge on any atom is 0.401 e. The van der Waals surface area contributed by atoms with E-state index in [1.165, 1.54) is 6.07 Å². The van der Waals surface area contributed by atoms with E-state index >= 15 is 0 Å². The highest BCUT2D eigenvalue weighted by atomic mass is 19.4. The van der Waals surface area contributed by atoms with Gasteiger partial charge in [-0.2, -0.15) is 13.2 Å². The number of amidine groups is 1. The van der Waals surface area contributed by atoms with Gasteiger partial charge in [-0.1, -0.05) is 5.16 Å². The van der Waals surface area contributed by atoms with Crippen LogP contribution in [0.3, 0.4) is 0 Å². The van der Waals surface area contributed by atoms with Crippen molar-refractivity contribution >= 4 is 5.84 Å². The zero-order valence-corrected chi connectivity index (χ0v) is 10.9. The number of halogens is 4. The maximum atomic E-state index is 13.4. The Bertz CT molecular complexity index is 506. The standard InChI is InChI=1S/C12H15F4N3O2/c13-10-4-8(3-9(5-10)11(17)18-21)6-19(1-2-20)7-12(14,15)16/h3-5,20-21H,1-2,6-7H2,(H2,17,18). The minimum Gasteiger partial charge on any atom is -0.409 e. The fraction of sp³-hybridized carbons (Fsp3) is 0.417. The van der Waals surface area contributed by atoms with Gasteiger partial charge in [0, 0.05) is 18.7 Å². The monoisotopic (exact) mass is 309 g/mol. The lowest BCUT2D eigenvalue weighted by Gasteiger charge is -2.23. The van der Waals surface area contributed by atoms with Crippen molar-refractivity contribution in [1.82, 2.24) is 4.90 Å². The van der Waals surface area contributed by atoms with Gasteiger partial charge in [0.2, 0.25) is 0 Å². The molecule has 0 fully saturated rings. The van der Waals surface area contributed by atoms with Crippen LogP contribution in [0.25, 0.3) is 0 Å². The number of nitrogens with two attached hydrogens (primary N) is 1. The first-order valence-electron chi connectivity index (χ1n) is 5.92. The summed E-state index contributed by atoms with van der Waals surface area (Å²) in [6, 6.07) is 3.37. The molecule has 1 rings (SSSR count). The number of oxime groups is 1. The van der Waals surface area contributed by atoms with Crippen molar-refractivity contribution < 1.29 is 27.9 Å². The van der Waals surface area contributed by atoms with Crippen LogP contribution >= 0.6 is 0 Å². The van der Waals surface area contributed by atoms with Crippen molar-refractivity contribution in [3.05, 3.63) is 35.1 Å². The molecule has 0 saturated carbocycles. The maximum absolute atomic E-state index is 13.4. The first-order valence-corrected chi connectivity index (χ1v) is 5.92. The first-order chi connectivity index (χ1) is 9.75. The van der Waals surface area contributed by atoms with Gasteiger partial charge >= 0.3 is 6.18 Å². The summed E-state index contributed by atoms with van der Waals surface area (Å²) < 4.78 is 50.6. The van der Waals surface area contributed by atoms with Crippen molar-refractivity contribution in [2.24, 2.45) is 10.9 Å². The highest BCUT2D eigenvalue weighted by Gasteiger charge is 2.30. The van der Waals surface area contributed by atoms with Crippen molar-refractivity contribution in [3.63, 3.8) is 0 Å². The third-order valence-corrected chi connectivity index (χ3v) is 2.59. The molecule has 0 amide bonds. The van der Waals surface area contributed by atoms with Gasteiger partial charge in [-0.25, -0.2) is 4.39 Å². The molecule has 1 aromatic carbocycles. The Morgan fingerprint density at radius 1 is 1.29 bits per heavy atom. The Hall–Kier alpha value is -1.87. The van der Waals surface area contributed by atoms with Crippen molar-refractivity contribution in [2.75, 3.05) is 19.7 Å². The molecule has 21 heavy (non-hydrogen) atoms. The summed E-state index contributed by atoms with van der Waals surface area (Å²) in [6.45, 7) is -2.14. The Morgan fingerprint density at radius 3 is 2.48 bits per heavy atom. The Morgan fingerprint density at radius 2 is 1.95 bits per heavy atom. The second kappa shape index (κ2) is 7.23. The molecule has 0 heterocycles. The van der Waals surface area contributed by atoms with E-state index in [2.05, 4.69) is 5.16 Å². The van der Waals surface area contributed by atoms with Gasteiger partial charge in [0.1, 0.15) is 5.82 Å². The van der Waals surface area contributed by atoms with E-state index in [1.54, 1.807) is 0 Å². The predicted molar refractivity (Wildman–Crippen MR) is 67.3 cm³/mol. The van der Waals surface area contributed by atoms with E-state index < -0.39 is 25.1 Å². The van der Waals surface area contributed by atoms with Gasteiger partial charge in [0.05, 0.1) is 13.2 Å². The molecule has 0 radical (unpaired) electrons. The third kappa shape index (κ3) is 5.96. The first kappa shape index (κ1) is 17.2. The van der Waals surface area contributed by atoms with Crippen LogP contribution in [-0.4, -0.2) is 46.9 Å². The molecule has 5 nitrogen and oxygen atoms in total. The lowest BCUT2D eigenvalue weighted by Crippen LogP contribution is -2.35. The number of hydrogen-bond acceptors (Lipinski definition) is 4. The molecule has 0 bridgehead atoms. The van der Waals surface area contributed by atoms with Crippen LogP contribution in [0.1, 0.15) is 11.1 Å². The number of hydrogen-bond donors (Lipinski definition) is 3. The zero-order valence-electron chi connectivity index (χ0n) is 10.9. The molecule has 0 atom stereocenters. The molecule has 0 aliphatic carbocycles. The fourth-order valence-electron chi connectivity index (χ4n) is 1.81. The third-order valence-electron chi connectivity index (χ3n) is 2.59. The van der Waals surface area contributed by atoms with E-state index in [9.17, 15) is 17.6 Å². The van der Waals surface area contributed by atoms with Gasteiger partial charge < -0.3 is 16.0 Å². The number of rotatable bonds is 6. The summed E-state index contributed by atoms with van der Waals surface area (Å²) in [4.78, 5) is 0.921. The van der Waals surface area contributed by atoms with Gasteiger partial charge in [0.25, 0.3) is 0 Å². The SMILES string of the molecule is N/C(=N/O)c1cc(F)cc(CN(CCO)CC(F)(F)F)c1. The minimum absolute atomic E-state index is 0.0588. The molecule has 0 aliphatic heterocycles. The normalized spacial score (nSPS) is 13.0. The number of aliphatic hydroxyl groups excluding tert-OH is 1. The molecule has 0 aromatic heterocycles. The summed E-state index contributed by atoms with van der Waals surface area (Å²) in [7, 11) is 0. The van der Waals surface area contributed by atoms with E-state index in [0.29, 0.717) is 0 Å². The van der Waals surface area contributed by atoms with Crippen LogP contribution in [-0.2, 0) is 6.54 Å². The second-order valence-corrected chi connectivity index (χ2v) is 4.38. The Labute approximate surface area is 118 Å². The Balaban J connectivity index is 2.95. The number of aliphatic hydroxyl groups is 1. The summed E-state index contributed by atoms with van der Waals surface area (Å²) in [5.74, 6) is -1.06. The Kier molecular flexibility index (Phi) is 5.91. The van der Waals surface area contributed by atoms with Gasteiger partial charge in [0.15, 0.2) is 5.84 Å². The van der Waals surface area contributed by atoms with Crippen LogP contribution < -0.4 is 5.73 Å². The molecular formula is C12H15F4N3O2. The van der Waals surface area contributed by atoms with Crippen molar-refractivity contribution in [1.29, 1.82) is 0 Å². The molecule has 0 aliphatic rings. The molecule has 118 valence electrons. The van der Waals surface area contributed by atoms with Crippen LogP contribution in [0.2, 0.25) is 0 Å². The van der Waals surface area contributed by atoms with Crippen LogP contribution in [0.4, 0.5) is 17.6 Å². The summed E-state index contributed by atoms with van der Waals surface area (Å²) in [5, 5.41) is 20.0. The molecule has 0 spiro atoms. The number of benzene rings is 1. The quantitative estimate of drug-likeness (QED) is 0.243. The molecule has 9 heteroatoms. The highest BCUT2D eigenvalue weighted by molar-refractivity contribution is 5.97. The molecule has 0 unspecified atom stereocenters. The zero-order chi connectivity index (χ0) is 16.0. The van der Waals surface area contributed by atoms with Crippen molar-refractivity contribution in [3.8, 4) is 0 Å². The lowest BCUT2D eigenvalue weighted by atomic mass is 10.1. The highest BCUT2D eigenvalue weighted by Crippen LogP contribution is 2.19. The largest absolute Gasteiger partial charge is 0.409 e. The fourth-order valence-corrected chi connectivity index (χ4v) is 1.81. The lowest BCUT2D eigenvalue weighted by molar-refractivity contribution is -0.147. The van der Waals surface area contributed by atoms with Crippen LogP contribution in [0.15, 0.2) is 23.4 Å². The van der Waals surface area contributed by atoms with Crippen LogP contribution in [0.5, 0.6) is 0 Å². The van der Waals surface area contributed by atoms with E-state index in [-0.39, 0.29) is 30.1 Å². The smallest absolute Gasteiger partial charge is 0.401 e. The van der Waals surface area contributed by atoms with Gasteiger partial charge in [-0.15, -0.1) is 0 Å². The van der Waals surface area contributed by atoms with Gasteiger partial charge in [-0.05, 0) is 23.8 Å². The number of alkyl halides is 3. The molecule has 4 N–H and O–H groups in total. The van der Waals surface area contributed by atoms with Crippen LogP contribution in [0, 0.1) is 5.82 Å². The predicted octanol–water partition coefficient (Wildman–Crippen LogP) is 1.28. The van der Waals surface area contributed by atoms with Gasteiger partial charge in [-0.3, -0.25) is 4.90 Å². The topological polar surface area (TPSA) is 82.1 Å². The van der Waals surface area contributed by atoms with E-state index in [4.69, 9.17) is 16.0 Å². The average molecular weight is 309 g/mol. The molecule has 1 aromatic rings. The van der Waals surface area contributed by atoms with E-state index in [0.717, 1.165) is 17.0 Å². The summed E-state index contributed by atoms with van der Waals surface area (Å²) in [5.41, 5.74) is 5.60. The van der Waals surface area contributed by atoms with Crippen molar-refractivity contribution in [2.45, 2.75) is 12.7 Å². The number of nitrogens with zero attached hydrogens (tertiary/aromatic N) is 2. The summed E-state index contributed by atoms with van der Waals surface area (Å²) in [6.07, 6.45) is -4.43. The average Bonchev–Trinajstić information content (AvgIpc) is 2.35. The minimum atomic E-state index is -4.43. The molecular weight excluding hydrogens is 294 g/mol. The second-order valence-electron chi connectivity index (χ2n) is 4.38. The van der Waals surface area contributed by atoms with E-state index in [1.807, 2.05) is 0 Å². The molecule has 0 saturated heterocycles.